The molecule has 3 rings (SSSR count). The van der Waals surface area contributed by atoms with Gasteiger partial charge in [0.2, 0.25) is 5.91 Å². The van der Waals surface area contributed by atoms with Gasteiger partial charge in [-0.3, -0.25) is 9.36 Å². The molecule has 2 aromatic carbocycles. The Morgan fingerprint density at radius 2 is 1.89 bits per heavy atom. The lowest BCUT2D eigenvalue weighted by molar-refractivity contribution is -0.113. The number of anilines is 1. The molecule has 0 spiro atoms. The lowest BCUT2D eigenvalue weighted by Crippen LogP contribution is -2.15. The Kier molecular flexibility index (Phi) is 5.81. The van der Waals surface area contributed by atoms with Gasteiger partial charge in [0.15, 0.2) is 5.16 Å². The van der Waals surface area contributed by atoms with Crippen LogP contribution in [0.25, 0.3) is 5.69 Å². The zero-order valence-corrected chi connectivity index (χ0v) is 16.6. The van der Waals surface area contributed by atoms with Gasteiger partial charge in [-0.15, -0.1) is 10.2 Å². The van der Waals surface area contributed by atoms with E-state index < -0.39 is 0 Å². The highest BCUT2D eigenvalue weighted by Gasteiger charge is 2.16. The van der Waals surface area contributed by atoms with Gasteiger partial charge in [0, 0.05) is 0 Å². The van der Waals surface area contributed by atoms with Gasteiger partial charge in [-0.2, -0.15) is 0 Å². The van der Waals surface area contributed by atoms with Crippen LogP contribution in [0.1, 0.15) is 17.0 Å². The highest BCUT2D eigenvalue weighted by molar-refractivity contribution is 7.99. The predicted octanol–water partition coefficient (Wildman–Crippen LogP) is 3.93. The molecule has 0 fully saturated rings. The maximum Gasteiger partial charge on any atom is 0.234 e. The number of para-hydroxylation sites is 2. The maximum atomic E-state index is 12.4. The molecular weight excluding hydrogens is 360 g/mol. The fourth-order valence-electron chi connectivity index (χ4n) is 2.76. The van der Waals surface area contributed by atoms with Crippen LogP contribution >= 0.6 is 11.8 Å². The molecule has 6 nitrogen and oxygen atoms in total. The van der Waals surface area contributed by atoms with E-state index in [2.05, 4.69) is 35.4 Å². The molecule has 27 heavy (non-hydrogen) atoms. The summed E-state index contributed by atoms with van der Waals surface area (Å²) in [4.78, 5) is 12.4. The van der Waals surface area contributed by atoms with Crippen LogP contribution in [-0.4, -0.2) is 33.5 Å². The normalized spacial score (nSPS) is 10.7. The molecule has 1 amide bonds. The van der Waals surface area contributed by atoms with Gasteiger partial charge >= 0.3 is 0 Å². The van der Waals surface area contributed by atoms with Crippen LogP contribution < -0.4 is 10.1 Å². The van der Waals surface area contributed by atoms with Crippen molar-refractivity contribution in [2.75, 3.05) is 18.2 Å². The molecule has 0 saturated carbocycles. The molecule has 0 atom stereocenters. The summed E-state index contributed by atoms with van der Waals surface area (Å²) in [5, 5.41) is 12.0. The molecule has 0 saturated heterocycles. The van der Waals surface area contributed by atoms with Crippen molar-refractivity contribution in [2.24, 2.45) is 0 Å². The number of aryl methyl sites for hydroxylation is 2. The summed E-state index contributed by atoms with van der Waals surface area (Å²) in [7, 11) is 1.58. The number of carbonyl (C=O) groups is 1. The monoisotopic (exact) mass is 382 g/mol. The Balaban J connectivity index is 1.76. The number of methoxy groups -OCH3 is 1. The van der Waals surface area contributed by atoms with E-state index in [1.54, 1.807) is 7.11 Å². The van der Waals surface area contributed by atoms with Gasteiger partial charge in [0.1, 0.15) is 11.6 Å². The Morgan fingerprint density at radius 3 is 2.67 bits per heavy atom. The summed E-state index contributed by atoms with van der Waals surface area (Å²) < 4.78 is 7.26. The summed E-state index contributed by atoms with van der Waals surface area (Å²) in [5.41, 5.74) is 4.05. The van der Waals surface area contributed by atoms with Crippen LogP contribution in [0, 0.1) is 20.8 Å². The van der Waals surface area contributed by atoms with Crippen LogP contribution in [0.15, 0.2) is 47.6 Å². The van der Waals surface area contributed by atoms with Crippen molar-refractivity contribution in [3.8, 4) is 11.4 Å². The quantitative estimate of drug-likeness (QED) is 0.654. The lowest BCUT2D eigenvalue weighted by Gasteiger charge is -2.13. The molecule has 0 aliphatic rings. The van der Waals surface area contributed by atoms with Crippen LogP contribution in [0.3, 0.4) is 0 Å². The minimum atomic E-state index is -0.127. The first kappa shape index (κ1) is 19.0. The Hall–Kier alpha value is -2.80. The second-order valence-corrected chi connectivity index (χ2v) is 7.06. The zero-order valence-electron chi connectivity index (χ0n) is 15.8. The predicted molar refractivity (Wildman–Crippen MR) is 108 cm³/mol. The number of ether oxygens (including phenoxy) is 1. The number of amides is 1. The van der Waals surface area contributed by atoms with E-state index in [1.165, 1.54) is 22.9 Å². The van der Waals surface area contributed by atoms with Gasteiger partial charge in [-0.25, -0.2) is 0 Å². The van der Waals surface area contributed by atoms with Crippen LogP contribution in [0.2, 0.25) is 0 Å². The van der Waals surface area contributed by atoms with Crippen molar-refractivity contribution in [2.45, 2.75) is 25.9 Å². The zero-order chi connectivity index (χ0) is 19.4. The summed E-state index contributed by atoms with van der Waals surface area (Å²) in [5.74, 6) is 1.51. The van der Waals surface area contributed by atoms with E-state index in [0.717, 1.165) is 11.5 Å². The number of nitrogens with zero attached hydrogens (tertiary/aromatic N) is 3. The molecule has 1 N–H and O–H groups in total. The van der Waals surface area contributed by atoms with Crippen molar-refractivity contribution in [1.29, 1.82) is 0 Å². The Labute approximate surface area is 163 Å². The number of aromatic nitrogens is 3. The fraction of sp³-hybridized carbons (Fsp3) is 0.250. The average Bonchev–Trinajstić information content (AvgIpc) is 3.03. The highest BCUT2D eigenvalue weighted by atomic mass is 32.2. The molecule has 3 aromatic rings. The van der Waals surface area contributed by atoms with Crippen molar-refractivity contribution < 1.29 is 9.53 Å². The SMILES string of the molecule is COc1ccccc1NC(=O)CSc1nnc(C)n1-c1cccc(C)c1C. The fourth-order valence-corrected chi connectivity index (χ4v) is 3.55. The number of benzene rings is 2. The summed E-state index contributed by atoms with van der Waals surface area (Å²) in [6.45, 7) is 6.06. The number of carbonyl (C=O) groups excluding carboxylic acids is 1. The Bertz CT molecular complexity index is 968. The van der Waals surface area contributed by atoms with Gasteiger partial charge < -0.3 is 10.1 Å². The van der Waals surface area contributed by atoms with E-state index in [1.807, 2.05) is 47.9 Å². The number of thioether (sulfide) groups is 1. The average molecular weight is 382 g/mol. The summed E-state index contributed by atoms with van der Waals surface area (Å²) in [6, 6.07) is 13.5. The van der Waals surface area contributed by atoms with E-state index in [4.69, 9.17) is 4.74 Å². The van der Waals surface area contributed by atoms with Crippen LogP contribution in [0.5, 0.6) is 5.75 Å². The molecule has 0 radical (unpaired) electrons. The molecule has 1 heterocycles. The molecule has 1 aromatic heterocycles. The molecule has 140 valence electrons. The largest absolute Gasteiger partial charge is 0.495 e. The van der Waals surface area contributed by atoms with Gasteiger partial charge in [0.25, 0.3) is 0 Å². The van der Waals surface area contributed by atoms with E-state index in [-0.39, 0.29) is 11.7 Å². The van der Waals surface area contributed by atoms with Crippen molar-refractivity contribution in [3.05, 3.63) is 59.4 Å². The molecule has 0 unspecified atom stereocenters. The van der Waals surface area contributed by atoms with Gasteiger partial charge in [0.05, 0.1) is 24.2 Å². The minimum Gasteiger partial charge on any atom is -0.495 e. The molecular formula is C20H22N4O2S. The summed E-state index contributed by atoms with van der Waals surface area (Å²) >= 11 is 1.35. The minimum absolute atomic E-state index is 0.127. The Morgan fingerprint density at radius 1 is 1.11 bits per heavy atom. The molecule has 0 aliphatic carbocycles. The third-order valence-electron chi connectivity index (χ3n) is 4.33. The molecule has 0 aliphatic heterocycles. The highest BCUT2D eigenvalue weighted by Crippen LogP contribution is 2.27. The second-order valence-electron chi connectivity index (χ2n) is 6.12. The number of nitrogens with one attached hydrogen (secondary N) is 1. The smallest absolute Gasteiger partial charge is 0.234 e. The number of hydrogen-bond donors (Lipinski definition) is 1. The number of hydrogen-bond acceptors (Lipinski definition) is 5. The molecule has 7 heteroatoms. The van der Waals surface area contributed by atoms with Crippen molar-refractivity contribution in [1.82, 2.24) is 14.8 Å². The van der Waals surface area contributed by atoms with Gasteiger partial charge in [-0.1, -0.05) is 36.0 Å². The van der Waals surface area contributed by atoms with Crippen LogP contribution in [0.4, 0.5) is 5.69 Å². The van der Waals surface area contributed by atoms with Crippen LogP contribution in [-0.2, 0) is 4.79 Å². The molecule has 0 bridgehead atoms. The number of rotatable bonds is 6. The van der Waals surface area contributed by atoms with E-state index in [0.29, 0.717) is 16.6 Å². The summed E-state index contributed by atoms with van der Waals surface area (Å²) in [6.07, 6.45) is 0. The van der Waals surface area contributed by atoms with Gasteiger partial charge in [-0.05, 0) is 50.1 Å². The van der Waals surface area contributed by atoms with Crippen molar-refractivity contribution in [3.63, 3.8) is 0 Å². The van der Waals surface area contributed by atoms with E-state index >= 15 is 0 Å². The van der Waals surface area contributed by atoms with E-state index in [9.17, 15) is 4.79 Å². The third-order valence-corrected chi connectivity index (χ3v) is 5.25. The first-order valence-electron chi connectivity index (χ1n) is 8.55. The van der Waals surface area contributed by atoms with Crippen molar-refractivity contribution >= 4 is 23.4 Å². The maximum absolute atomic E-state index is 12.4. The second kappa shape index (κ2) is 8.26. The topological polar surface area (TPSA) is 69.0 Å². The lowest BCUT2D eigenvalue weighted by atomic mass is 10.1. The standard InChI is InChI=1S/C20H22N4O2S/c1-13-8-7-10-17(14(13)2)24-15(3)22-23-20(24)27-12-19(25)21-16-9-5-6-11-18(16)26-4/h5-11H,12H2,1-4H3,(H,21,25). The third kappa shape index (κ3) is 4.14. The first-order valence-corrected chi connectivity index (χ1v) is 9.54. The first-order chi connectivity index (χ1) is 13.0.